The molecule has 134 valence electrons. The number of ketones is 1. The second-order valence-corrected chi connectivity index (χ2v) is 6.99. The van der Waals surface area contributed by atoms with Crippen LogP contribution in [0.15, 0.2) is 24.3 Å². The van der Waals surface area contributed by atoms with Crippen LogP contribution in [-0.4, -0.2) is 23.8 Å². The second kappa shape index (κ2) is 9.58. The van der Waals surface area contributed by atoms with Crippen LogP contribution in [0.5, 0.6) is 0 Å². The Hall–Kier alpha value is -1.68. The molecule has 2 N–H and O–H groups in total. The fourth-order valence-corrected chi connectivity index (χ4v) is 2.80. The molecule has 0 saturated carbocycles. The van der Waals surface area contributed by atoms with E-state index in [9.17, 15) is 9.59 Å². The summed E-state index contributed by atoms with van der Waals surface area (Å²) in [6, 6.07) is 7.78. The van der Waals surface area contributed by atoms with Gasteiger partial charge in [-0.05, 0) is 49.9 Å². The molecule has 0 spiro atoms. The van der Waals surface area contributed by atoms with Crippen LogP contribution < -0.4 is 10.6 Å². The van der Waals surface area contributed by atoms with Gasteiger partial charge in [-0.15, -0.1) is 0 Å². The molecule has 0 bridgehead atoms. The van der Waals surface area contributed by atoms with Gasteiger partial charge in [0.2, 0.25) is 5.91 Å². The van der Waals surface area contributed by atoms with Crippen LogP contribution in [0.1, 0.15) is 59.4 Å². The van der Waals surface area contributed by atoms with Crippen LogP contribution >= 0.6 is 0 Å². The van der Waals surface area contributed by atoms with Crippen molar-refractivity contribution in [2.24, 2.45) is 5.92 Å². The standard InChI is InChI=1S/C20H32N2O2/c1-6-18(23)20(5,21-7-2)14-16-9-11-17(12-10-16)22-19(24)13-8-15(3)4/h9-12,15,21H,6-8,13-14H2,1-5H3,(H,22,24). The van der Waals surface area contributed by atoms with E-state index in [2.05, 4.69) is 24.5 Å². The Bertz CT molecular complexity index is 537. The molecule has 0 aliphatic carbocycles. The highest BCUT2D eigenvalue weighted by Gasteiger charge is 2.30. The van der Waals surface area contributed by atoms with Gasteiger partial charge in [-0.25, -0.2) is 0 Å². The maximum Gasteiger partial charge on any atom is 0.224 e. The number of rotatable bonds is 10. The van der Waals surface area contributed by atoms with Crippen molar-refractivity contribution in [3.63, 3.8) is 0 Å². The predicted octanol–water partition coefficient (Wildman–Crippen LogP) is 3.95. The van der Waals surface area contributed by atoms with Gasteiger partial charge in [0.1, 0.15) is 0 Å². The monoisotopic (exact) mass is 332 g/mol. The molecule has 1 unspecified atom stereocenters. The lowest BCUT2D eigenvalue weighted by molar-refractivity contribution is -0.124. The topological polar surface area (TPSA) is 58.2 Å². The SMILES string of the molecule is CCNC(C)(Cc1ccc(NC(=O)CCC(C)C)cc1)C(=O)CC. The van der Waals surface area contributed by atoms with Gasteiger partial charge in [-0.2, -0.15) is 0 Å². The molecular formula is C20H32N2O2. The molecule has 0 heterocycles. The maximum atomic E-state index is 12.2. The van der Waals surface area contributed by atoms with Crippen molar-refractivity contribution in [2.45, 2.75) is 65.8 Å². The van der Waals surface area contributed by atoms with E-state index in [4.69, 9.17) is 0 Å². The van der Waals surface area contributed by atoms with Crippen LogP contribution in [0.4, 0.5) is 5.69 Å². The minimum absolute atomic E-state index is 0.0510. The van der Waals surface area contributed by atoms with Gasteiger partial charge in [0, 0.05) is 18.5 Å². The van der Waals surface area contributed by atoms with Gasteiger partial charge in [0.15, 0.2) is 5.78 Å². The Morgan fingerprint density at radius 1 is 1.12 bits per heavy atom. The molecular weight excluding hydrogens is 300 g/mol. The molecule has 1 rings (SSSR count). The number of carbonyl (C=O) groups excluding carboxylic acids is 2. The summed E-state index contributed by atoms with van der Waals surface area (Å²) in [6.45, 7) is 10.9. The Labute approximate surface area is 146 Å². The molecule has 0 aliphatic heterocycles. The summed E-state index contributed by atoms with van der Waals surface area (Å²) in [5.41, 5.74) is 1.35. The minimum atomic E-state index is -0.536. The van der Waals surface area contributed by atoms with Crippen molar-refractivity contribution >= 4 is 17.4 Å². The zero-order valence-electron chi connectivity index (χ0n) is 15.7. The Kier molecular flexibility index (Phi) is 8.13. The molecule has 4 heteroatoms. The van der Waals surface area contributed by atoms with Crippen molar-refractivity contribution in [3.05, 3.63) is 29.8 Å². The first kappa shape index (κ1) is 20.4. The molecule has 24 heavy (non-hydrogen) atoms. The fourth-order valence-electron chi connectivity index (χ4n) is 2.80. The van der Waals surface area contributed by atoms with Gasteiger partial charge in [-0.3, -0.25) is 9.59 Å². The van der Waals surface area contributed by atoms with E-state index in [-0.39, 0.29) is 11.7 Å². The summed E-state index contributed by atoms with van der Waals surface area (Å²) in [6.07, 6.45) is 2.61. The van der Waals surface area contributed by atoms with Gasteiger partial charge >= 0.3 is 0 Å². The molecule has 0 fully saturated rings. The van der Waals surface area contributed by atoms with Gasteiger partial charge in [0.05, 0.1) is 5.54 Å². The average Bonchev–Trinajstić information content (AvgIpc) is 2.54. The average molecular weight is 332 g/mol. The number of anilines is 1. The molecule has 0 radical (unpaired) electrons. The Balaban J connectivity index is 2.69. The first-order valence-corrected chi connectivity index (χ1v) is 8.97. The zero-order chi connectivity index (χ0) is 18.2. The van der Waals surface area contributed by atoms with Gasteiger partial charge in [0.25, 0.3) is 0 Å². The number of carbonyl (C=O) groups is 2. The van der Waals surface area contributed by atoms with E-state index in [0.29, 0.717) is 25.2 Å². The smallest absolute Gasteiger partial charge is 0.224 e. The summed E-state index contributed by atoms with van der Waals surface area (Å²) in [7, 11) is 0. The molecule has 1 amide bonds. The second-order valence-electron chi connectivity index (χ2n) is 6.99. The van der Waals surface area contributed by atoms with E-state index in [1.165, 1.54) is 0 Å². The van der Waals surface area contributed by atoms with E-state index < -0.39 is 5.54 Å². The normalized spacial score (nSPS) is 13.6. The molecule has 0 aromatic heterocycles. The van der Waals surface area contributed by atoms with Crippen molar-refractivity contribution in [2.75, 3.05) is 11.9 Å². The minimum Gasteiger partial charge on any atom is -0.326 e. The lowest BCUT2D eigenvalue weighted by Crippen LogP contribution is -2.51. The van der Waals surface area contributed by atoms with Gasteiger partial charge < -0.3 is 10.6 Å². The predicted molar refractivity (Wildman–Crippen MR) is 100 cm³/mol. The van der Waals surface area contributed by atoms with Crippen molar-refractivity contribution in [3.8, 4) is 0 Å². The highest BCUT2D eigenvalue weighted by atomic mass is 16.1. The van der Waals surface area contributed by atoms with Crippen LogP contribution in [0, 0.1) is 5.92 Å². The number of hydrogen-bond acceptors (Lipinski definition) is 3. The summed E-state index contributed by atoms with van der Waals surface area (Å²) in [4.78, 5) is 24.1. The highest BCUT2D eigenvalue weighted by molar-refractivity contribution is 5.90. The van der Waals surface area contributed by atoms with E-state index in [1.807, 2.05) is 45.0 Å². The van der Waals surface area contributed by atoms with Crippen LogP contribution in [0.2, 0.25) is 0 Å². The first-order valence-electron chi connectivity index (χ1n) is 8.97. The highest BCUT2D eigenvalue weighted by Crippen LogP contribution is 2.18. The third-order valence-electron chi connectivity index (χ3n) is 4.25. The lowest BCUT2D eigenvalue weighted by Gasteiger charge is -2.29. The van der Waals surface area contributed by atoms with Crippen LogP contribution in [0.25, 0.3) is 0 Å². The maximum absolute atomic E-state index is 12.2. The summed E-state index contributed by atoms with van der Waals surface area (Å²) in [5, 5.41) is 6.24. The number of likely N-dealkylation sites (N-methyl/N-ethyl adjacent to an activating group) is 1. The van der Waals surface area contributed by atoms with Crippen molar-refractivity contribution < 1.29 is 9.59 Å². The fraction of sp³-hybridized carbons (Fsp3) is 0.600. The summed E-state index contributed by atoms with van der Waals surface area (Å²) in [5.74, 6) is 0.795. The third kappa shape index (κ3) is 6.44. The summed E-state index contributed by atoms with van der Waals surface area (Å²) >= 11 is 0. The van der Waals surface area contributed by atoms with Crippen LogP contribution in [0.3, 0.4) is 0 Å². The molecule has 1 aromatic rings. The van der Waals surface area contributed by atoms with Crippen molar-refractivity contribution in [1.82, 2.24) is 5.32 Å². The quantitative estimate of drug-likeness (QED) is 0.682. The van der Waals surface area contributed by atoms with E-state index in [0.717, 1.165) is 24.2 Å². The largest absolute Gasteiger partial charge is 0.326 e. The zero-order valence-corrected chi connectivity index (χ0v) is 15.7. The molecule has 1 atom stereocenters. The van der Waals surface area contributed by atoms with Gasteiger partial charge in [-0.1, -0.05) is 39.8 Å². The Morgan fingerprint density at radius 3 is 2.25 bits per heavy atom. The number of benzene rings is 1. The van der Waals surface area contributed by atoms with E-state index in [1.54, 1.807) is 0 Å². The number of nitrogens with one attached hydrogen (secondary N) is 2. The number of amides is 1. The van der Waals surface area contributed by atoms with E-state index >= 15 is 0 Å². The number of Topliss-reactive ketones (excluding diaryl/α,β-unsaturated/α-hetero) is 1. The number of hydrogen-bond donors (Lipinski definition) is 2. The first-order chi connectivity index (χ1) is 11.3. The van der Waals surface area contributed by atoms with Crippen LogP contribution in [-0.2, 0) is 16.0 Å². The molecule has 1 aromatic carbocycles. The molecule has 0 saturated heterocycles. The molecule has 0 aliphatic rings. The molecule has 4 nitrogen and oxygen atoms in total. The Morgan fingerprint density at radius 2 is 1.75 bits per heavy atom. The summed E-state index contributed by atoms with van der Waals surface area (Å²) < 4.78 is 0. The third-order valence-corrected chi connectivity index (χ3v) is 4.25. The van der Waals surface area contributed by atoms with Crippen molar-refractivity contribution in [1.29, 1.82) is 0 Å². The lowest BCUT2D eigenvalue weighted by atomic mass is 9.87.